The lowest BCUT2D eigenvalue weighted by molar-refractivity contribution is -0.124. The van der Waals surface area contributed by atoms with Gasteiger partial charge >= 0.3 is 12.1 Å². The number of alkyl carbamates (subject to hydrolysis) is 1. The monoisotopic (exact) mass is 478 g/mol. The molecule has 1 radical (unpaired) electrons. The van der Waals surface area contributed by atoms with Gasteiger partial charge in [-0.15, -0.1) is 0 Å². The van der Waals surface area contributed by atoms with E-state index in [1.54, 1.807) is 26.8 Å². The molecule has 4 amide bonds. The second-order valence-electron chi connectivity index (χ2n) is 9.53. The number of urea groups is 1. The number of aliphatic hydroxyl groups excluding tert-OH is 1. The van der Waals surface area contributed by atoms with Crippen molar-refractivity contribution in [3.63, 3.8) is 0 Å². The summed E-state index contributed by atoms with van der Waals surface area (Å²) >= 11 is 0. The molecule has 191 valence electrons. The molecule has 10 nitrogen and oxygen atoms in total. The van der Waals surface area contributed by atoms with E-state index >= 15 is 0 Å². The molecule has 0 fully saturated rings. The number of anilines is 1. The fraction of sp³-hybridized carbons (Fsp3) is 0.583. The van der Waals surface area contributed by atoms with Crippen LogP contribution in [0.4, 0.5) is 15.3 Å². The number of aliphatic hydroxyl groups is 1. The van der Waals surface area contributed by atoms with Crippen molar-refractivity contribution in [2.45, 2.75) is 71.8 Å². The van der Waals surface area contributed by atoms with Crippen molar-refractivity contribution in [3.8, 4) is 0 Å². The van der Waals surface area contributed by atoms with Crippen molar-refractivity contribution in [3.05, 3.63) is 36.2 Å². The Bertz CT molecular complexity index is 822. The topological polar surface area (TPSA) is 155 Å². The highest BCUT2D eigenvalue weighted by Crippen LogP contribution is 2.16. The number of rotatable bonds is 12. The third-order valence-corrected chi connectivity index (χ3v) is 4.93. The molecule has 0 heterocycles. The van der Waals surface area contributed by atoms with E-state index < -0.39 is 23.8 Å². The van der Waals surface area contributed by atoms with Crippen LogP contribution in [0.25, 0.3) is 0 Å². The first-order valence-corrected chi connectivity index (χ1v) is 11.4. The first-order chi connectivity index (χ1) is 15.8. The molecule has 1 rings (SSSR count). The molecule has 1 aromatic carbocycles. The van der Waals surface area contributed by atoms with Crippen LogP contribution in [0.3, 0.4) is 0 Å². The molecule has 0 bridgehead atoms. The molecule has 0 saturated carbocycles. The van der Waals surface area contributed by atoms with Crippen LogP contribution < -0.4 is 27.0 Å². The molecule has 0 unspecified atom stereocenters. The molecule has 0 aliphatic carbocycles. The van der Waals surface area contributed by atoms with Crippen LogP contribution in [0.1, 0.15) is 58.6 Å². The summed E-state index contributed by atoms with van der Waals surface area (Å²) < 4.78 is 5.29. The average molecular weight is 479 g/mol. The Balaban J connectivity index is 2.85. The molecule has 0 aromatic heterocycles. The minimum absolute atomic E-state index is 0.0914. The minimum Gasteiger partial charge on any atom is -0.444 e. The molecule has 0 spiro atoms. The predicted molar refractivity (Wildman–Crippen MR) is 132 cm³/mol. The van der Waals surface area contributed by atoms with Crippen molar-refractivity contribution < 1.29 is 24.2 Å². The molecule has 0 aliphatic rings. The Labute approximate surface area is 202 Å². The number of nitrogens with one attached hydrogen (secondary N) is 4. The number of carbonyl (C=O) groups excluding carboxylic acids is 3. The van der Waals surface area contributed by atoms with Gasteiger partial charge in [0.1, 0.15) is 11.6 Å². The van der Waals surface area contributed by atoms with Crippen LogP contribution in [0, 0.1) is 12.8 Å². The highest BCUT2D eigenvalue weighted by Gasteiger charge is 2.28. The Morgan fingerprint density at radius 2 is 1.85 bits per heavy atom. The van der Waals surface area contributed by atoms with Crippen molar-refractivity contribution in [1.82, 2.24) is 16.0 Å². The van der Waals surface area contributed by atoms with Gasteiger partial charge in [0, 0.05) is 24.8 Å². The Hall–Kier alpha value is -3.01. The van der Waals surface area contributed by atoms with Gasteiger partial charge in [0.05, 0.1) is 6.61 Å². The lowest BCUT2D eigenvalue weighted by atomic mass is 10.0. The minimum atomic E-state index is -0.781. The molecule has 0 saturated heterocycles. The van der Waals surface area contributed by atoms with E-state index in [4.69, 9.17) is 10.5 Å². The summed E-state index contributed by atoms with van der Waals surface area (Å²) in [5, 5.41) is 20.8. The highest BCUT2D eigenvalue weighted by molar-refractivity contribution is 5.86. The fourth-order valence-corrected chi connectivity index (χ4v) is 3.18. The van der Waals surface area contributed by atoms with Gasteiger partial charge in [-0.2, -0.15) is 0 Å². The van der Waals surface area contributed by atoms with Crippen LogP contribution in [0.5, 0.6) is 0 Å². The van der Waals surface area contributed by atoms with Gasteiger partial charge in [-0.05, 0) is 69.7 Å². The van der Waals surface area contributed by atoms with Gasteiger partial charge in [0.2, 0.25) is 5.91 Å². The summed E-state index contributed by atoms with van der Waals surface area (Å²) in [6, 6.07) is 3.75. The SMILES string of the molecule is [CH2]c1cc(NC[C@H](CCCNC(N)=O)NC(=O)[C@@H](NC(=O)OC(C)(C)C)C(C)C)ccc1CO. The maximum absolute atomic E-state index is 13.0. The van der Waals surface area contributed by atoms with E-state index in [0.29, 0.717) is 31.5 Å². The lowest BCUT2D eigenvalue weighted by Crippen LogP contribution is -2.54. The zero-order chi connectivity index (χ0) is 25.9. The Kier molecular flexibility index (Phi) is 11.6. The zero-order valence-electron chi connectivity index (χ0n) is 20.9. The van der Waals surface area contributed by atoms with Crippen LogP contribution in [-0.2, 0) is 16.1 Å². The van der Waals surface area contributed by atoms with Crippen LogP contribution in [-0.4, -0.2) is 53.9 Å². The summed E-state index contributed by atoms with van der Waals surface area (Å²) in [5.74, 6) is -0.499. The molecule has 0 aliphatic heterocycles. The highest BCUT2D eigenvalue weighted by atomic mass is 16.6. The largest absolute Gasteiger partial charge is 0.444 e. The number of benzene rings is 1. The number of nitrogens with two attached hydrogens (primary N) is 1. The number of carbonyl (C=O) groups is 3. The second kappa shape index (κ2) is 13.6. The van der Waals surface area contributed by atoms with Crippen LogP contribution in [0.2, 0.25) is 0 Å². The van der Waals surface area contributed by atoms with Crippen molar-refractivity contribution in [2.75, 3.05) is 18.4 Å². The predicted octanol–water partition coefficient (Wildman–Crippen LogP) is 2.26. The van der Waals surface area contributed by atoms with Crippen LogP contribution >= 0.6 is 0 Å². The van der Waals surface area contributed by atoms with E-state index in [1.165, 1.54) is 0 Å². The summed E-state index contributed by atoms with van der Waals surface area (Å²) in [6.07, 6.45) is 0.488. The summed E-state index contributed by atoms with van der Waals surface area (Å²) in [7, 11) is 0. The molecule has 7 N–H and O–H groups in total. The maximum atomic E-state index is 13.0. The van der Waals surface area contributed by atoms with Crippen molar-refractivity contribution in [2.24, 2.45) is 11.7 Å². The number of hydrogen-bond acceptors (Lipinski definition) is 6. The smallest absolute Gasteiger partial charge is 0.408 e. The van der Waals surface area contributed by atoms with Gasteiger partial charge in [0.25, 0.3) is 0 Å². The third-order valence-electron chi connectivity index (χ3n) is 4.93. The van der Waals surface area contributed by atoms with E-state index in [-0.39, 0.29) is 24.5 Å². The van der Waals surface area contributed by atoms with Crippen molar-refractivity contribution >= 4 is 23.7 Å². The first kappa shape index (κ1) is 29.0. The molecular formula is C24H40N5O5. The molecule has 2 atom stereocenters. The van der Waals surface area contributed by atoms with E-state index in [0.717, 1.165) is 11.3 Å². The van der Waals surface area contributed by atoms with E-state index in [2.05, 4.69) is 28.2 Å². The number of amides is 4. The van der Waals surface area contributed by atoms with E-state index in [1.807, 2.05) is 26.0 Å². The molecule has 10 heteroatoms. The van der Waals surface area contributed by atoms with Crippen LogP contribution in [0.15, 0.2) is 18.2 Å². The molecular weight excluding hydrogens is 438 g/mol. The van der Waals surface area contributed by atoms with Crippen molar-refractivity contribution in [1.29, 1.82) is 0 Å². The molecule has 34 heavy (non-hydrogen) atoms. The number of hydrogen-bond donors (Lipinski definition) is 6. The summed E-state index contributed by atoms with van der Waals surface area (Å²) in [5.41, 5.74) is 6.68. The fourth-order valence-electron chi connectivity index (χ4n) is 3.18. The zero-order valence-corrected chi connectivity index (χ0v) is 20.9. The van der Waals surface area contributed by atoms with Gasteiger partial charge in [-0.25, -0.2) is 9.59 Å². The average Bonchev–Trinajstić information content (AvgIpc) is 2.71. The van der Waals surface area contributed by atoms with Gasteiger partial charge in [-0.1, -0.05) is 19.9 Å². The molecule has 1 aromatic rings. The standard InChI is InChI=1S/C24H40N5O5/c1-15(2)20(29-23(33)34-24(4,5)6)21(31)28-19(8-7-11-26-22(25)32)13-27-18-10-9-17(14-30)16(3)12-18/h9-10,12,15,19-20,27,30H,3,7-8,11,13-14H2,1-2,4-6H3,(H,28,31)(H,29,33)(H3,25,26,32)/t19-,20-/m0/s1. The number of primary amides is 1. The summed E-state index contributed by atoms with van der Waals surface area (Å²) in [4.78, 5) is 36.2. The first-order valence-electron chi connectivity index (χ1n) is 11.4. The maximum Gasteiger partial charge on any atom is 0.408 e. The Morgan fingerprint density at radius 1 is 1.18 bits per heavy atom. The quantitative estimate of drug-likeness (QED) is 0.253. The lowest BCUT2D eigenvalue weighted by Gasteiger charge is -2.27. The van der Waals surface area contributed by atoms with E-state index in [9.17, 15) is 19.5 Å². The number of ether oxygens (including phenoxy) is 1. The van der Waals surface area contributed by atoms with Gasteiger partial charge in [-0.3, -0.25) is 4.79 Å². The third kappa shape index (κ3) is 11.2. The second-order valence-corrected chi connectivity index (χ2v) is 9.53. The van der Waals surface area contributed by atoms with Gasteiger partial charge in [0.15, 0.2) is 0 Å². The Morgan fingerprint density at radius 3 is 2.38 bits per heavy atom. The normalized spacial score (nSPS) is 13.1. The van der Waals surface area contributed by atoms with Gasteiger partial charge < -0.3 is 36.8 Å². The summed E-state index contributed by atoms with van der Waals surface area (Å²) in [6.45, 7) is 13.5.